The molecule has 2 atom stereocenters. The standard InChI is InChI=1S/C21H21F3N6O4S/c1-11-10-30-19(34-11)16(9-27-30)35(25,32)29-20(31)28-18-12(2)15(21(22,23)24)5-4-14(18)13-6-7-26-17(8-13)33-3/h4-9,11H,10H2,1-3H3,(H3,25,28,29,31,32)/t11-,35?/m1/s1. The molecule has 2 amide bonds. The van der Waals surface area contributed by atoms with Gasteiger partial charge in [-0.3, -0.25) is 0 Å². The molecule has 1 aromatic carbocycles. The van der Waals surface area contributed by atoms with Crippen LogP contribution in [0.15, 0.2) is 45.9 Å². The van der Waals surface area contributed by atoms with E-state index in [0.29, 0.717) is 12.1 Å². The number of nitrogens with two attached hydrogens (primary N) is 1. The molecule has 0 saturated heterocycles. The second kappa shape index (κ2) is 8.85. The summed E-state index contributed by atoms with van der Waals surface area (Å²) in [5, 5.41) is 12.2. The number of nitrogens with zero attached hydrogens (tertiary/aromatic N) is 4. The number of amides is 2. The molecule has 3 aromatic rings. The highest BCUT2D eigenvalue weighted by Crippen LogP contribution is 2.40. The summed E-state index contributed by atoms with van der Waals surface area (Å²) in [4.78, 5) is 16.7. The van der Waals surface area contributed by atoms with Crippen molar-refractivity contribution in [3.63, 3.8) is 0 Å². The Morgan fingerprint density at radius 2 is 2.11 bits per heavy atom. The molecule has 0 aliphatic carbocycles. The van der Waals surface area contributed by atoms with Gasteiger partial charge >= 0.3 is 12.2 Å². The first-order chi connectivity index (χ1) is 16.4. The van der Waals surface area contributed by atoms with Crippen LogP contribution in [-0.2, 0) is 22.6 Å². The first-order valence-electron chi connectivity index (χ1n) is 10.2. The van der Waals surface area contributed by atoms with E-state index in [-0.39, 0.29) is 39.6 Å². The third-order valence-electron chi connectivity index (χ3n) is 5.29. The Hall–Kier alpha value is -3.65. The fourth-order valence-corrected chi connectivity index (χ4v) is 4.68. The van der Waals surface area contributed by atoms with Crippen LogP contribution in [0.25, 0.3) is 11.1 Å². The number of carbonyl (C=O) groups excluding carboxylic acids is 1. The van der Waals surface area contributed by atoms with Crippen molar-refractivity contribution < 1.29 is 31.6 Å². The minimum absolute atomic E-state index is 0.0862. The van der Waals surface area contributed by atoms with Crippen LogP contribution in [0.5, 0.6) is 11.8 Å². The zero-order chi connectivity index (χ0) is 25.5. The molecule has 2 aromatic heterocycles. The van der Waals surface area contributed by atoms with Crippen molar-refractivity contribution in [1.29, 1.82) is 0 Å². The van der Waals surface area contributed by atoms with Crippen molar-refractivity contribution in [2.24, 2.45) is 9.50 Å². The summed E-state index contributed by atoms with van der Waals surface area (Å²) in [6.07, 6.45) is -2.33. The molecular formula is C21H21F3N6O4S. The molecule has 35 heavy (non-hydrogen) atoms. The maximum atomic E-state index is 13.6. The Kier molecular flexibility index (Phi) is 6.19. The Balaban J connectivity index is 1.77. The molecule has 1 unspecified atom stereocenters. The lowest BCUT2D eigenvalue weighted by atomic mass is 9.97. The van der Waals surface area contributed by atoms with Crippen molar-refractivity contribution in [3.05, 3.63) is 47.8 Å². The highest BCUT2D eigenvalue weighted by Gasteiger charge is 2.34. The fourth-order valence-electron chi connectivity index (χ4n) is 3.69. The number of carbonyl (C=O) groups is 1. The molecule has 0 saturated carbocycles. The Morgan fingerprint density at radius 3 is 2.80 bits per heavy atom. The van der Waals surface area contributed by atoms with Gasteiger partial charge < -0.3 is 14.8 Å². The summed E-state index contributed by atoms with van der Waals surface area (Å²) in [6, 6.07) is 3.95. The van der Waals surface area contributed by atoms with Gasteiger partial charge in [0.1, 0.15) is 11.0 Å². The van der Waals surface area contributed by atoms with Crippen molar-refractivity contribution in [2.75, 3.05) is 12.4 Å². The summed E-state index contributed by atoms with van der Waals surface area (Å²) >= 11 is 0. The third kappa shape index (κ3) is 4.79. The Labute approximate surface area is 198 Å². The number of fused-ring (bicyclic) bond motifs is 1. The number of benzene rings is 1. The van der Waals surface area contributed by atoms with E-state index < -0.39 is 27.7 Å². The van der Waals surface area contributed by atoms with Crippen molar-refractivity contribution in [2.45, 2.75) is 37.6 Å². The van der Waals surface area contributed by atoms with Crippen LogP contribution < -0.4 is 19.9 Å². The molecule has 0 radical (unpaired) electrons. The molecule has 14 heteroatoms. The zero-order valence-corrected chi connectivity index (χ0v) is 19.6. The van der Waals surface area contributed by atoms with Crippen LogP contribution in [0, 0.1) is 6.92 Å². The van der Waals surface area contributed by atoms with Crippen LogP contribution in [-0.4, -0.2) is 38.2 Å². The molecule has 0 fully saturated rings. The number of nitrogens with one attached hydrogen (secondary N) is 1. The SMILES string of the molecule is COc1cc(-c2ccc(C(F)(F)F)c(C)c2NC(=O)N=S(N)(=O)c2cnn3c2O[C@H](C)C3)ccn1. The number of hydrogen-bond acceptors (Lipinski definition) is 6. The van der Waals surface area contributed by atoms with E-state index in [1.807, 2.05) is 0 Å². The number of methoxy groups -OCH3 is 1. The second-order valence-corrected chi connectivity index (χ2v) is 9.52. The van der Waals surface area contributed by atoms with Gasteiger partial charge in [-0.05, 0) is 37.1 Å². The molecule has 10 nitrogen and oxygen atoms in total. The summed E-state index contributed by atoms with van der Waals surface area (Å²) in [5.41, 5.74) is -0.729. The molecule has 186 valence electrons. The quantitative estimate of drug-likeness (QED) is 0.545. The molecule has 4 rings (SSSR count). The van der Waals surface area contributed by atoms with Crippen LogP contribution in [0.4, 0.5) is 23.7 Å². The van der Waals surface area contributed by atoms with Gasteiger partial charge in [-0.1, -0.05) is 6.07 Å². The van der Waals surface area contributed by atoms with E-state index in [1.165, 1.54) is 49.3 Å². The molecule has 3 N–H and O–H groups in total. The van der Waals surface area contributed by atoms with Gasteiger partial charge in [-0.15, -0.1) is 4.36 Å². The minimum atomic E-state index is -4.68. The van der Waals surface area contributed by atoms with Crippen LogP contribution in [0.3, 0.4) is 0 Å². The van der Waals surface area contributed by atoms with Gasteiger partial charge in [-0.25, -0.2) is 23.8 Å². The number of anilines is 1. The molecular weight excluding hydrogens is 489 g/mol. The number of pyridine rings is 1. The normalized spacial score (nSPS) is 16.7. The number of rotatable bonds is 4. The van der Waals surface area contributed by atoms with Gasteiger partial charge in [0.05, 0.1) is 31.1 Å². The Morgan fingerprint density at radius 1 is 1.37 bits per heavy atom. The molecule has 1 aliphatic rings. The minimum Gasteiger partial charge on any atom is -0.481 e. The number of halogens is 3. The van der Waals surface area contributed by atoms with E-state index in [9.17, 15) is 22.2 Å². The second-order valence-electron chi connectivity index (χ2n) is 7.76. The Bertz CT molecular complexity index is 1430. The third-order valence-corrected chi connectivity index (χ3v) is 6.64. The van der Waals surface area contributed by atoms with Crippen molar-refractivity contribution in [3.8, 4) is 22.9 Å². The number of hydrogen-bond donors (Lipinski definition) is 2. The molecule has 0 bridgehead atoms. The summed E-state index contributed by atoms with van der Waals surface area (Å²) < 4.78 is 69.4. The largest absolute Gasteiger partial charge is 0.481 e. The predicted octanol–water partition coefficient (Wildman–Crippen LogP) is 3.99. The average molecular weight is 510 g/mol. The topological polar surface area (TPSA) is 134 Å². The summed E-state index contributed by atoms with van der Waals surface area (Å²) in [6.45, 7) is 3.38. The number of aromatic nitrogens is 3. The van der Waals surface area contributed by atoms with E-state index in [2.05, 4.69) is 19.8 Å². The zero-order valence-electron chi connectivity index (χ0n) is 18.8. The summed E-state index contributed by atoms with van der Waals surface area (Å²) in [5.74, 6) is 0.345. The highest BCUT2D eigenvalue weighted by atomic mass is 32.2. The van der Waals surface area contributed by atoms with E-state index in [1.54, 1.807) is 6.92 Å². The predicted molar refractivity (Wildman–Crippen MR) is 120 cm³/mol. The smallest absolute Gasteiger partial charge is 0.416 e. The van der Waals surface area contributed by atoms with E-state index in [0.717, 1.165) is 6.07 Å². The molecule has 1 aliphatic heterocycles. The van der Waals surface area contributed by atoms with Crippen molar-refractivity contribution >= 4 is 21.6 Å². The van der Waals surface area contributed by atoms with Gasteiger partial charge in [-0.2, -0.15) is 18.3 Å². The fraction of sp³-hybridized carbons (Fsp3) is 0.286. The lowest BCUT2D eigenvalue weighted by molar-refractivity contribution is -0.138. The lowest BCUT2D eigenvalue weighted by Crippen LogP contribution is -2.19. The van der Waals surface area contributed by atoms with Crippen LogP contribution in [0.1, 0.15) is 18.1 Å². The maximum absolute atomic E-state index is 13.6. The van der Waals surface area contributed by atoms with Crippen LogP contribution >= 0.6 is 0 Å². The first-order valence-corrected chi connectivity index (χ1v) is 11.8. The highest BCUT2D eigenvalue weighted by molar-refractivity contribution is 7.91. The van der Waals surface area contributed by atoms with Gasteiger partial charge in [0, 0.05) is 17.8 Å². The van der Waals surface area contributed by atoms with E-state index in [4.69, 9.17) is 14.6 Å². The number of ether oxygens (including phenoxy) is 2. The lowest BCUT2D eigenvalue weighted by Gasteiger charge is -2.18. The van der Waals surface area contributed by atoms with Gasteiger partial charge in [0.2, 0.25) is 11.8 Å². The average Bonchev–Trinajstić information content (AvgIpc) is 3.33. The van der Waals surface area contributed by atoms with Gasteiger partial charge in [0.25, 0.3) is 0 Å². The van der Waals surface area contributed by atoms with Gasteiger partial charge in [0.15, 0.2) is 9.92 Å². The number of alkyl halides is 3. The molecule has 3 heterocycles. The molecule has 0 spiro atoms. The first kappa shape index (κ1) is 24.5. The summed E-state index contributed by atoms with van der Waals surface area (Å²) in [7, 11) is -2.43. The van der Waals surface area contributed by atoms with Crippen LogP contribution in [0.2, 0.25) is 0 Å². The number of urea groups is 1. The maximum Gasteiger partial charge on any atom is 0.416 e. The monoisotopic (exact) mass is 510 g/mol. The van der Waals surface area contributed by atoms with E-state index >= 15 is 0 Å². The van der Waals surface area contributed by atoms with Crippen molar-refractivity contribution in [1.82, 2.24) is 14.8 Å².